The van der Waals surface area contributed by atoms with Crippen LogP contribution in [-0.2, 0) is 4.79 Å². The Morgan fingerprint density at radius 2 is 2.40 bits per heavy atom. The van der Waals surface area contributed by atoms with Gasteiger partial charge in [0, 0.05) is 19.3 Å². The first kappa shape index (κ1) is 10.3. The fourth-order valence-electron chi connectivity index (χ4n) is 1.34. The molecule has 5 nitrogen and oxygen atoms in total. The maximum absolute atomic E-state index is 10.9. The van der Waals surface area contributed by atoms with Crippen molar-refractivity contribution in [3.63, 3.8) is 0 Å². The van der Waals surface area contributed by atoms with Gasteiger partial charge in [-0.15, -0.1) is 0 Å². The van der Waals surface area contributed by atoms with Crippen LogP contribution >= 0.6 is 11.6 Å². The van der Waals surface area contributed by atoms with E-state index >= 15 is 0 Å². The highest BCUT2D eigenvalue weighted by molar-refractivity contribution is 6.28. The van der Waals surface area contributed by atoms with E-state index in [-0.39, 0.29) is 5.70 Å². The SMILES string of the molecule is CN1C(NC2CC2)=C(C(=O)O)N=CC1Cl. The third-order valence-electron chi connectivity index (χ3n) is 2.39. The number of aliphatic carboxylic acids is 1. The lowest BCUT2D eigenvalue weighted by Crippen LogP contribution is -2.40. The number of halogens is 1. The predicted molar refractivity (Wildman–Crippen MR) is 56.7 cm³/mol. The third kappa shape index (κ3) is 2.07. The highest BCUT2D eigenvalue weighted by Gasteiger charge is 2.30. The minimum Gasteiger partial charge on any atom is -0.476 e. The first-order valence-electron chi connectivity index (χ1n) is 4.75. The number of hydrogen-bond donors (Lipinski definition) is 2. The quantitative estimate of drug-likeness (QED) is 0.549. The van der Waals surface area contributed by atoms with Gasteiger partial charge in [-0.05, 0) is 12.8 Å². The average molecular weight is 230 g/mol. The molecule has 6 heteroatoms. The van der Waals surface area contributed by atoms with Crippen LogP contribution in [0.25, 0.3) is 0 Å². The average Bonchev–Trinajstić information content (AvgIpc) is 2.96. The minimum atomic E-state index is -1.04. The smallest absolute Gasteiger partial charge is 0.358 e. The normalized spacial score (nSPS) is 25.7. The maximum atomic E-state index is 10.9. The molecule has 1 aliphatic carbocycles. The van der Waals surface area contributed by atoms with Crippen LogP contribution in [0.1, 0.15) is 12.8 Å². The summed E-state index contributed by atoms with van der Waals surface area (Å²) in [6.07, 6.45) is 3.56. The first-order chi connectivity index (χ1) is 7.09. The van der Waals surface area contributed by atoms with E-state index in [9.17, 15) is 4.79 Å². The molecule has 0 saturated heterocycles. The van der Waals surface area contributed by atoms with E-state index in [4.69, 9.17) is 16.7 Å². The van der Waals surface area contributed by atoms with Crippen molar-refractivity contribution in [1.82, 2.24) is 10.2 Å². The van der Waals surface area contributed by atoms with E-state index in [0.29, 0.717) is 11.9 Å². The largest absolute Gasteiger partial charge is 0.476 e. The zero-order valence-corrected chi connectivity index (χ0v) is 9.03. The Balaban J connectivity index is 2.27. The highest BCUT2D eigenvalue weighted by atomic mass is 35.5. The van der Waals surface area contributed by atoms with Crippen molar-refractivity contribution in [2.45, 2.75) is 24.4 Å². The molecule has 2 rings (SSSR count). The molecule has 0 amide bonds. The number of nitrogens with zero attached hydrogens (tertiary/aromatic N) is 2. The molecule has 1 atom stereocenters. The summed E-state index contributed by atoms with van der Waals surface area (Å²) in [5.74, 6) is -0.530. The van der Waals surface area contributed by atoms with Gasteiger partial charge in [-0.2, -0.15) is 0 Å². The molecule has 1 saturated carbocycles. The molecule has 15 heavy (non-hydrogen) atoms. The zero-order chi connectivity index (χ0) is 11.0. The number of rotatable bonds is 3. The van der Waals surface area contributed by atoms with Crippen molar-refractivity contribution in [2.75, 3.05) is 7.05 Å². The van der Waals surface area contributed by atoms with E-state index in [0.717, 1.165) is 12.8 Å². The summed E-state index contributed by atoms with van der Waals surface area (Å²) in [5, 5.41) is 12.1. The molecule has 0 bridgehead atoms. The Labute approximate surface area is 92.4 Å². The third-order valence-corrected chi connectivity index (χ3v) is 2.80. The minimum absolute atomic E-state index is 0.0290. The lowest BCUT2D eigenvalue weighted by atomic mass is 10.3. The molecule has 2 N–H and O–H groups in total. The van der Waals surface area contributed by atoms with E-state index in [2.05, 4.69) is 10.3 Å². The summed E-state index contributed by atoms with van der Waals surface area (Å²) >= 11 is 5.95. The van der Waals surface area contributed by atoms with E-state index in [1.54, 1.807) is 11.9 Å². The van der Waals surface area contributed by atoms with Crippen LogP contribution in [0, 0.1) is 0 Å². The molecule has 1 aliphatic heterocycles. The van der Waals surface area contributed by atoms with Crippen molar-refractivity contribution in [3.05, 3.63) is 11.5 Å². The maximum Gasteiger partial charge on any atom is 0.358 e. The number of nitrogens with one attached hydrogen (secondary N) is 1. The van der Waals surface area contributed by atoms with Crippen LogP contribution < -0.4 is 5.32 Å². The predicted octanol–water partition coefficient (Wildman–Crippen LogP) is 0.573. The van der Waals surface area contributed by atoms with Crippen molar-refractivity contribution < 1.29 is 9.90 Å². The van der Waals surface area contributed by atoms with E-state index in [1.165, 1.54) is 6.21 Å². The van der Waals surface area contributed by atoms with Crippen LogP contribution in [0.5, 0.6) is 0 Å². The van der Waals surface area contributed by atoms with Crippen LogP contribution in [0.2, 0.25) is 0 Å². The molecule has 0 spiro atoms. The Hall–Kier alpha value is -1.23. The summed E-state index contributed by atoms with van der Waals surface area (Å²) in [4.78, 5) is 16.5. The van der Waals surface area contributed by atoms with Crippen molar-refractivity contribution in [3.8, 4) is 0 Å². The summed E-state index contributed by atoms with van der Waals surface area (Å²) in [7, 11) is 1.75. The molecule has 1 heterocycles. The number of carboxylic acids is 1. The Bertz CT molecular complexity index is 349. The second kappa shape index (κ2) is 3.73. The second-order valence-electron chi connectivity index (χ2n) is 3.68. The summed E-state index contributed by atoms with van der Waals surface area (Å²) < 4.78 is 0. The second-order valence-corrected chi connectivity index (χ2v) is 4.13. The lowest BCUT2D eigenvalue weighted by Gasteiger charge is -2.29. The molecule has 0 aromatic heterocycles. The highest BCUT2D eigenvalue weighted by Crippen LogP contribution is 2.25. The van der Waals surface area contributed by atoms with Crippen LogP contribution in [0.3, 0.4) is 0 Å². The van der Waals surface area contributed by atoms with Gasteiger partial charge in [0.05, 0.1) is 0 Å². The van der Waals surface area contributed by atoms with Crippen LogP contribution in [-0.4, -0.2) is 40.8 Å². The lowest BCUT2D eigenvalue weighted by molar-refractivity contribution is -0.132. The number of carboxylic acid groups (broad SMARTS) is 1. The standard InChI is InChI=1S/C9H12ClN3O2/c1-13-6(10)4-11-7(9(14)15)8(13)12-5-2-3-5/h4-6,12H,2-3H2,1H3,(H,14,15). The van der Waals surface area contributed by atoms with Crippen LogP contribution in [0.4, 0.5) is 0 Å². The molecular formula is C9H12ClN3O2. The fourth-order valence-corrected chi connectivity index (χ4v) is 1.49. The molecular weight excluding hydrogens is 218 g/mol. The molecule has 2 aliphatic rings. The molecule has 82 valence electrons. The van der Waals surface area contributed by atoms with Gasteiger partial charge in [0.1, 0.15) is 11.3 Å². The van der Waals surface area contributed by atoms with E-state index in [1.807, 2.05) is 0 Å². The number of aliphatic imine (C=N–C) groups is 1. The van der Waals surface area contributed by atoms with Crippen LogP contribution in [0.15, 0.2) is 16.5 Å². The van der Waals surface area contributed by atoms with Gasteiger partial charge in [0.2, 0.25) is 0 Å². The summed E-state index contributed by atoms with van der Waals surface area (Å²) in [6, 6.07) is 0.369. The summed E-state index contributed by atoms with van der Waals surface area (Å²) in [5.41, 5.74) is -0.365. The Kier molecular flexibility index (Phi) is 2.56. The van der Waals surface area contributed by atoms with Gasteiger partial charge in [-0.25, -0.2) is 9.79 Å². The molecule has 1 fully saturated rings. The first-order valence-corrected chi connectivity index (χ1v) is 5.18. The number of alkyl halides is 1. The summed E-state index contributed by atoms with van der Waals surface area (Å²) in [6.45, 7) is 0. The van der Waals surface area contributed by atoms with Gasteiger partial charge in [0.15, 0.2) is 5.70 Å². The molecule has 1 unspecified atom stereocenters. The van der Waals surface area contributed by atoms with Crippen molar-refractivity contribution in [2.24, 2.45) is 4.99 Å². The van der Waals surface area contributed by atoms with Gasteiger partial charge >= 0.3 is 5.97 Å². The topological polar surface area (TPSA) is 64.9 Å². The van der Waals surface area contributed by atoms with Gasteiger partial charge in [0.25, 0.3) is 0 Å². The van der Waals surface area contributed by atoms with Crippen molar-refractivity contribution in [1.29, 1.82) is 0 Å². The monoisotopic (exact) mass is 229 g/mol. The van der Waals surface area contributed by atoms with Gasteiger partial charge in [-0.1, -0.05) is 11.6 Å². The fraction of sp³-hybridized carbons (Fsp3) is 0.556. The Morgan fingerprint density at radius 3 is 2.93 bits per heavy atom. The van der Waals surface area contributed by atoms with Gasteiger partial charge < -0.3 is 15.3 Å². The van der Waals surface area contributed by atoms with Crippen molar-refractivity contribution >= 4 is 23.8 Å². The van der Waals surface area contributed by atoms with Gasteiger partial charge in [-0.3, -0.25) is 0 Å². The van der Waals surface area contributed by atoms with E-state index < -0.39 is 11.5 Å². The number of carbonyl (C=O) groups is 1. The molecule has 0 radical (unpaired) electrons. The Morgan fingerprint density at radius 1 is 1.73 bits per heavy atom. The molecule has 0 aromatic rings. The number of hydrogen-bond acceptors (Lipinski definition) is 4. The molecule has 0 aromatic carbocycles. The zero-order valence-electron chi connectivity index (χ0n) is 8.27.